The van der Waals surface area contributed by atoms with Gasteiger partial charge in [0.2, 0.25) is 0 Å². The molecular formula is C9H15ClF3N3. The van der Waals surface area contributed by atoms with Gasteiger partial charge in [0.05, 0.1) is 5.69 Å². The molecule has 0 bridgehead atoms. The number of rotatable bonds is 5. The van der Waals surface area contributed by atoms with E-state index >= 15 is 0 Å². The Bertz CT molecular complexity index is 298. The molecule has 0 saturated carbocycles. The third-order valence-corrected chi connectivity index (χ3v) is 1.77. The van der Waals surface area contributed by atoms with Crippen molar-refractivity contribution in [1.82, 2.24) is 15.1 Å². The lowest BCUT2D eigenvalue weighted by Crippen LogP contribution is -2.19. The van der Waals surface area contributed by atoms with Gasteiger partial charge in [-0.2, -0.15) is 18.3 Å². The first kappa shape index (κ1) is 15.2. The summed E-state index contributed by atoms with van der Waals surface area (Å²) in [5.74, 6) is 0. The molecule has 0 amide bonds. The fourth-order valence-corrected chi connectivity index (χ4v) is 1.16. The molecule has 0 saturated heterocycles. The zero-order valence-corrected chi connectivity index (χ0v) is 9.74. The number of aromatic nitrogens is 2. The van der Waals surface area contributed by atoms with Gasteiger partial charge >= 0.3 is 6.18 Å². The number of hydrogen-bond donors (Lipinski definition) is 1. The molecule has 94 valence electrons. The molecule has 0 aromatic carbocycles. The van der Waals surface area contributed by atoms with Crippen molar-refractivity contribution in [2.45, 2.75) is 32.6 Å². The lowest BCUT2D eigenvalue weighted by Gasteiger charge is -2.05. The van der Waals surface area contributed by atoms with Gasteiger partial charge in [0.1, 0.15) is 6.54 Å². The van der Waals surface area contributed by atoms with Crippen molar-refractivity contribution in [3.05, 3.63) is 18.0 Å². The summed E-state index contributed by atoms with van der Waals surface area (Å²) in [5, 5.41) is 6.87. The van der Waals surface area contributed by atoms with Crippen molar-refractivity contribution < 1.29 is 13.2 Å². The van der Waals surface area contributed by atoms with Gasteiger partial charge < -0.3 is 5.32 Å². The third kappa shape index (κ3) is 5.97. The van der Waals surface area contributed by atoms with Gasteiger partial charge in [-0.3, -0.25) is 4.68 Å². The van der Waals surface area contributed by atoms with Crippen LogP contribution in [0.2, 0.25) is 0 Å². The molecule has 0 unspecified atom stereocenters. The molecule has 0 fully saturated rings. The largest absolute Gasteiger partial charge is 0.408 e. The second-order valence-corrected chi connectivity index (χ2v) is 3.30. The van der Waals surface area contributed by atoms with Crippen LogP contribution in [0.3, 0.4) is 0 Å². The molecule has 1 rings (SSSR count). The predicted octanol–water partition coefficient (Wildman–Crippen LogP) is 2.37. The van der Waals surface area contributed by atoms with Crippen molar-refractivity contribution in [3.8, 4) is 0 Å². The summed E-state index contributed by atoms with van der Waals surface area (Å²) in [4.78, 5) is 0. The summed E-state index contributed by atoms with van der Waals surface area (Å²) in [6.07, 6.45) is -1.88. The Hall–Kier alpha value is -0.750. The first-order chi connectivity index (χ1) is 7.01. The van der Waals surface area contributed by atoms with Crippen molar-refractivity contribution in [3.63, 3.8) is 0 Å². The van der Waals surface area contributed by atoms with E-state index in [1.807, 2.05) is 6.92 Å². The highest BCUT2D eigenvalue weighted by atomic mass is 35.5. The molecule has 16 heavy (non-hydrogen) atoms. The summed E-state index contributed by atoms with van der Waals surface area (Å²) in [6, 6.07) is 1.59. The van der Waals surface area contributed by atoms with Crippen molar-refractivity contribution >= 4 is 12.4 Å². The SMILES string of the molecule is CCCNCc1ccn(CC(F)(F)F)n1.Cl. The number of alkyl halides is 3. The lowest BCUT2D eigenvalue weighted by molar-refractivity contribution is -0.142. The smallest absolute Gasteiger partial charge is 0.311 e. The molecule has 1 heterocycles. The maximum atomic E-state index is 12.0. The van der Waals surface area contributed by atoms with E-state index in [2.05, 4.69) is 10.4 Å². The molecule has 7 heteroatoms. The maximum absolute atomic E-state index is 12.0. The molecule has 0 aliphatic carbocycles. The Kier molecular flexibility index (Phi) is 6.43. The number of hydrogen-bond acceptors (Lipinski definition) is 2. The summed E-state index contributed by atoms with van der Waals surface area (Å²) in [5.41, 5.74) is 0.632. The third-order valence-electron chi connectivity index (χ3n) is 1.77. The van der Waals surface area contributed by atoms with Crippen LogP contribution in [0.1, 0.15) is 19.0 Å². The minimum atomic E-state index is -4.21. The first-order valence-electron chi connectivity index (χ1n) is 4.81. The van der Waals surface area contributed by atoms with Crippen LogP contribution in [-0.4, -0.2) is 22.5 Å². The van der Waals surface area contributed by atoms with E-state index in [4.69, 9.17) is 0 Å². The Balaban J connectivity index is 0.00000225. The van der Waals surface area contributed by atoms with Crippen LogP contribution < -0.4 is 5.32 Å². The van der Waals surface area contributed by atoms with Crippen molar-refractivity contribution in [1.29, 1.82) is 0 Å². The van der Waals surface area contributed by atoms with E-state index in [1.54, 1.807) is 6.07 Å². The second kappa shape index (κ2) is 6.75. The van der Waals surface area contributed by atoms with Crippen LogP contribution in [0.15, 0.2) is 12.3 Å². The molecule has 0 radical (unpaired) electrons. The number of nitrogens with zero attached hydrogens (tertiary/aromatic N) is 2. The zero-order valence-electron chi connectivity index (χ0n) is 8.92. The normalized spacial score (nSPS) is 11.2. The highest BCUT2D eigenvalue weighted by molar-refractivity contribution is 5.85. The minimum Gasteiger partial charge on any atom is -0.311 e. The maximum Gasteiger partial charge on any atom is 0.408 e. The molecule has 0 aliphatic rings. The molecule has 0 atom stereocenters. The molecule has 0 spiro atoms. The molecule has 1 aromatic heterocycles. The van der Waals surface area contributed by atoms with Crippen molar-refractivity contribution in [2.75, 3.05) is 6.54 Å². The summed E-state index contributed by atoms with van der Waals surface area (Å²) >= 11 is 0. The fraction of sp³-hybridized carbons (Fsp3) is 0.667. The summed E-state index contributed by atoms with van der Waals surface area (Å²) in [7, 11) is 0. The summed E-state index contributed by atoms with van der Waals surface area (Å²) in [6.45, 7) is 2.35. The van der Waals surface area contributed by atoms with Crippen LogP contribution >= 0.6 is 12.4 Å². The molecule has 3 nitrogen and oxygen atoms in total. The van der Waals surface area contributed by atoms with E-state index < -0.39 is 12.7 Å². The summed E-state index contributed by atoms with van der Waals surface area (Å²) < 4.78 is 36.8. The van der Waals surface area contributed by atoms with Crippen LogP contribution in [0.5, 0.6) is 0 Å². The zero-order chi connectivity index (χ0) is 11.3. The van der Waals surface area contributed by atoms with Gasteiger partial charge in [-0.15, -0.1) is 12.4 Å². The quantitative estimate of drug-likeness (QED) is 0.821. The number of nitrogens with one attached hydrogen (secondary N) is 1. The average Bonchev–Trinajstić information content (AvgIpc) is 2.50. The van der Waals surface area contributed by atoms with E-state index in [0.29, 0.717) is 12.2 Å². The van der Waals surface area contributed by atoms with E-state index in [9.17, 15) is 13.2 Å². The van der Waals surface area contributed by atoms with Crippen LogP contribution in [-0.2, 0) is 13.1 Å². The van der Waals surface area contributed by atoms with Gasteiger partial charge in [0.15, 0.2) is 0 Å². The van der Waals surface area contributed by atoms with E-state index in [1.165, 1.54) is 6.20 Å². The van der Waals surface area contributed by atoms with Gasteiger partial charge in [-0.1, -0.05) is 6.92 Å². The highest BCUT2D eigenvalue weighted by Gasteiger charge is 2.28. The monoisotopic (exact) mass is 257 g/mol. The van der Waals surface area contributed by atoms with E-state index in [0.717, 1.165) is 17.6 Å². The van der Waals surface area contributed by atoms with Gasteiger partial charge in [0, 0.05) is 12.7 Å². The highest BCUT2D eigenvalue weighted by Crippen LogP contribution is 2.16. The predicted molar refractivity (Wildman–Crippen MR) is 57.5 cm³/mol. The van der Waals surface area contributed by atoms with Crippen molar-refractivity contribution in [2.24, 2.45) is 0 Å². The Morgan fingerprint density at radius 3 is 2.69 bits per heavy atom. The molecule has 1 N–H and O–H groups in total. The standard InChI is InChI=1S/C9H14F3N3.ClH/c1-2-4-13-6-8-3-5-15(14-8)7-9(10,11)12;/h3,5,13H,2,4,6-7H2,1H3;1H. The van der Waals surface area contributed by atoms with Crippen LogP contribution in [0.4, 0.5) is 13.2 Å². The van der Waals surface area contributed by atoms with Crippen LogP contribution in [0, 0.1) is 0 Å². The van der Waals surface area contributed by atoms with Gasteiger partial charge in [-0.05, 0) is 19.0 Å². The van der Waals surface area contributed by atoms with Gasteiger partial charge in [0.25, 0.3) is 0 Å². The second-order valence-electron chi connectivity index (χ2n) is 3.30. The average molecular weight is 258 g/mol. The fourth-order valence-electron chi connectivity index (χ4n) is 1.16. The first-order valence-corrected chi connectivity index (χ1v) is 4.81. The van der Waals surface area contributed by atoms with E-state index in [-0.39, 0.29) is 12.4 Å². The van der Waals surface area contributed by atoms with Crippen LogP contribution in [0.25, 0.3) is 0 Å². The minimum absolute atomic E-state index is 0. The topological polar surface area (TPSA) is 29.9 Å². The molecular weight excluding hydrogens is 243 g/mol. The van der Waals surface area contributed by atoms with Gasteiger partial charge in [-0.25, -0.2) is 0 Å². The molecule has 1 aromatic rings. The molecule has 0 aliphatic heterocycles. The Morgan fingerprint density at radius 2 is 2.12 bits per heavy atom. The lowest BCUT2D eigenvalue weighted by atomic mass is 10.4. The Labute approximate surface area is 98.4 Å². The number of halogens is 4. The Morgan fingerprint density at radius 1 is 1.44 bits per heavy atom.